The van der Waals surface area contributed by atoms with E-state index in [9.17, 15) is 23.1 Å². The number of hydrogen-bond donors (Lipinski definition) is 4. The summed E-state index contributed by atoms with van der Waals surface area (Å²) in [4.78, 5) is 22.8. The third-order valence-corrected chi connectivity index (χ3v) is 11.4. The zero-order valence-corrected chi connectivity index (χ0v) is 22.5. The second-order valence-electron chi connectivity index (χ2n) is 12.6. The van der Waals surface area contributed by atoms with Gasteiger partial charge in [0.1, 0.15) is 6.54 Å². The fourth-order valence-corrected chi connectivity index (χ4v) is 9.76. The average molecular weight is 530 g/mol. The molecule has 4 unspecified atom stereocenters. The van der Waals surface area contributed by atoms with Gasteiger partial charge in [-0.3, -0.25) is 14.1 Å². The Hall–Kier alpha value is -1.23. The number of carbonyl (C=O) groups is 2. The number of fused-ring (bicyclic) bond motifs is 5. The van der Waals surface area contributed by atoms with E-state index in [4.69, 9.17) is 13.8 Å². The summed E-state index contributed by atoms with van der Waals surface area (Å²) in [7, 11) is -4.48. The van der Waals surface area contributed by atoms with Crippen LogP contribution in [0.25, 0.3) is 0 Å². The van der Waals surface area contributed by atoms with Gasteiger partial charge in [-0.05, 0) is 104 Å². The molecule has 4 aliphatic rings. The van der Waals surface area contributed by atoms with Crippen LogP contribution in [0.15, 0.2) is 0 Å². The Labute approximate surface area is 214 Å². The molecule has 4 rings (SSSR count). The minimum atomic E-state index is -4.48. The van der Waals surface area contributed by atoms with E-state index in [0.717, 1.165) is 38.5 Å². The van der Waals surface area contributed by atoms with Crippen LogP contribution in [0.2, 0.25) is 0 Å². The van der Waals surface area contributed by atoms with Crippen LogP contribution < -0.4 is 5.32 Å². The summed E-state index contributed by atoms with van der Waals surface area (Å²) >= 11 is 0. The number of carboxylic acids is 1. The topological polar surface area (TPSA) is 150 Å². The lowest BCUT2D eigenvalue weighted by atomic mass is 9.43. The Morgan fingerprint density at radius 3 is 2.39 bits per heavy atom. The number of aliphatic carboxylic acids is 1. The van der Waals surface area contributed by atoms with Crippen LogP contribution in [0.3, 0.4) is 0 Å². The first-order chi connectivity index (χ1) is 16.7. The van der Waals surface area contributed by atoms with E-state index in [1.165, 1.54) is 0 Å². The molecule has 4 fully saturated rings. The first kappa shape index (κ1) is 27.8. The number of aliphatic hydroxyl groups excluding tert-OH is 1. The lowest BCUT2D eigenvalue weighted by Gasteiger charge is -2.62. The third kappa shape index (κ3) is 5.33. The Morgan fingerprint density at radius 2 is 1.72 bits per heavy atom. The highest BCUT2D eigenvalue weighted by Gasteiger charge is 2.63. The maximum absolute atomic E-state index is 12.1. The van der Waals surface area contributed by atoms with Gasteiger partial charge in [0.25, 0.3) is 0 Å². The van der Waals surface area contributed by atoms with Crippen molar-refractivity contribution in [1.29, 1.82) is 0 Å². The summed E-state index contributed by atoms with van der Waals surface area (Å²) in [5, 5.41) is 22.7. The second-order valence-corrected chi connectivity index (χ2v) is 13.7. The van der Waals surface area contributed by atoms with Crippen LogP contribution in [0, 0.1) is 46.3 Å². The Morgan fingerprint density at radius 1 is 1.06 bits per heavy atom. The largest absolute Gasteiger partial charge is 0.480 e. The zero-order chi connectivity index (χ0) is 26.5. The van der Waals surface area contributed by atoms with Crippen molar-refractivity contribution in [3.63, 3.8) is 0 Å². The summed E-state index contributed by atoms with van der Waals surface area (Å²) in [5.41, 5.74) is 0.129. The van der Waals surface area contributed by atoms with Gasteiger partial charge in [0.2, 0.25) is 5.91 Å². The zero-order valence-electron chi connectivity index (χ0n) is 21.7. The van der Waals surface area contributed by atoms with Crippen LogP contribution in [0.5, 0.6) is 0 Å². The molecule has 0 saturated heterocycles. The number of nitrogens with one attached hydrogen (secondary N) is 1. The van der Waals surface area contributed by atoms with Gasteiger partial charge in [0.15, 0.2) is 0 Å². The number of aliphatic hydroxyl groups is 1. The van der Waals surface area contributed by atoms with Crippen molar-refractivity contribution in [1.82, 2.24) is 5.32 Å². The molecular weight excluding hydrogens is 486 g/mol. The fraction of sp³-hybridized carbons (Fsp3) is 0.923. The summed E-state index contributed by atoms with van der Waals surface area (Å²) < 4.78 is 36.6. The molecule has 4 N–H and O–H groups in total. The molecule has 36 heavy (non-hydrogen) atoms. The highest BCUT2D eigenvalue weighted by Crippen LogP contribution is 2.68. The molecule has 0 heterocycles. The third-order valence-electron chi connectivity index (χ3n) is 10.9. The van der Waals surface area contributed by atoms with Crippen molar-refractivity contribution in [2.75, 3.05) is 6.54 Å². The Bertz CT molecular complexity index is 956. The van der Waals surface area contributed by atoms with Crippen molar-refractivity contribution in [2.45, 2.75) is 97.2 Å². The van der Waals surface area contributed by atoms with E-state index in [1.54, 1.807) is 0 Å². The van der Waals surface area contributed by atoms with Crippen LogP contribution in [-0.4, -0.2) is 53.8 Å². The minimum Gasteiger partial charge on any atom is -0.480 e. The maximum atomic E-state index is 12.1. The van der Waals surface area contributed by atoms with Crippen LogP contribution >= 0.6 is 0 Å². The molecule has 1 amide bonds. The van der Waals surface area contributed by atoms with E-state index < -0.39 is 28.6 Å². The van der Waals surface area contributed by atoms with Gasteiger partial charge in [-0.1, -0.05) is 20.8 Å². The van der Waals surface area contributed by atoms with Gasteiger partial charge in [0, 0.05) is 6.42 Å². The molecule has 4 saturated carbocycles. The average Bonchev–Trinajstić information content (AvgIpc) is 3.13. The van der Waals surface area contributed by atoms with E-state index in [-0.39, 0.29) is 35.1 Å². The van der Waals surface area contributed by atoms with Crippen molar-refractivity contribution < 1.29 is 37.0 Å². The van der Waals surface area contributed by atoms with Crippen molar-refractivity contribution >= 4 is 22.3 Å². The van der Waals surface area contributed by atoms with Gasteiger partial charge >= 0.3 is 16.4 Å². The molecule has 0 aromatic heterocycles. The SMILES string of the molecule is C[C@H](CCC(=O)NCC(=O)O)C1CCC2C3C(CC[C@@]21C)[C@]1(C)CC[C@@H](OS(=O)(=O)O)C[C@@H]1C[C@H]3O. The molecule has 9 nitrogen and oxygen atoms in total. The van der Waals surface area contributed by atoms with Crippen molar-refractivity contribution in [2.24, 2.45) is 46.3 Å². The van der Waals surface area contributed by atoms with Gasteiger partial charge < -0.3 is 15.5 Å². The smallest absolute Gasteiger partial charge is 0.397 e. The number of rotatable bonds is 8. The molecule has 0 bridgehead atoms. The standard InChI is InChI=1S/C26H43NO8S/c1-15(4-7-22(29)27-14-23(30)31)18-5-6-19-24-20(9-11-26(18,19)3)25(2)10-8-17(35-36(32,33)34)12-16(25)13-21(24)28/h15-21,24,28H,4-14H2,1-3H3,(H,27,29)(H,30,31)(H,32,33,34)/t15-,16-,17-,18?,19?,20?,21-,24?,25-,26-/m1/s1. The van der Waals surface area contributed by atoms with Crippen LogP contribution in [0.1, 0.15) is 85.0 Å². The van der Waals surface area contributed by atoms with E-state index in [1.807, 2.05) is 0 Å². The molecule has 0 spiro atoms. The molecule has 0 aromatic rings. The van der Waals surface area contributed by atoms with Crippen molar-refractivity contribution in [3.8, 4) is 0 Å². The number of amides is 1. The summed E-state index contributed by atoms with van der Waals surface area (Å²) in [6.45, 7) is 6.56. The first-order valence-electron chi connectivity index (χ1n) is 13.6. The molecule has 0 radical (unpaired) electrons. The van der Waals surface area contributed by atoms with Crippen LogP contribution in [-0.2, 0) is 24.2 Å². The lowest BCUT2D eigenvalue weighted by molar-refractivity contribution is -0.172. The van der Waals surface area contributed by atoms with E-state index in [0.29, 0.717) is 49.4 Å². The Balaban J connectivity index is 1.43. The predicted octanol–water partition coefficient (Wildman–Crippen LogP) is 3.42. The monoisotopic (exact) mass is 529 g/mol. The molecule has 206 valence electrons. The quantitative estimate of drug-likeness (QED) is 0.349. The fourth-order valence-electron chi connectivity index (χ4n) is 9.24. The molecule has 4 aliphatic carbocycles. The van der Waals surface area contributed by atoms with Crippen molar-refractivity contribution in [3.05, 3.63) is 0 Å². The maximum Gasteiger partial charge on any atom is 0.397 e. The molecule has 0 aliphatic heterocycles. The second kappa shape index (κ2) is 10.2. The normalized spacial score (nSPS) is 43.1. The summed E-state index contributed by atoms with van der Waals surface area (Å²) in [5.74, 6) is 0.732. The van der Waals surface area contributed by atoms with Gasteiger partial charge in [-0.2, -0.15) is 8.42 Å². The Kier molecular flexibility index (Phi) is 7.84. The lowest BCUT2D eigenvalue weighted by Crippen LogP contribution is -2.58. The van der Waals surface area contributed by atoms with Gasteiger partial charge in [0.05, 0.1) is 12.2 Å². The molecule has 10 atom stereocenters. The molecule has 10 heteroatoms. The number of hydrogen-bond acceptors (Lipinski definition) is 6. The summed E-state index contributed by atoms with van der Waals surface area (Å²) in [6, 6.07) is 0. The summed E-state index contributed by atoms with van der Waals surface area (Å²) in [6.07, 6.45) is 6.98. The van der Waals surface area contributed by atoms with Gasteiger partial charge in [-0.15, -0.1) is 0 Å². The first-order valence-corrected chi connectivity index (χ1v) is 14.9. The molecule has 0 aromatic carbocycles. The van der Waals surface area contributed by atoms with Gasteiger partial charge in [-0.25, -0.2) is 4.18 Å². The highest BCUT2D eigenvalue weighted by atomic mass is 32.3. The number of carboxylic acid groups (broad SMARTS) is 1. The van der Waals surface area contributed by atoms with E-state index in [2.05, 4.69) is 26.1 Å². The number of carbonyl (C=O) groups excluding carboxylic acids is 1. The minimum absolute atomic E-state index is 0.0240. The van der Waals surface area contributed by atoms with E-state index >= 15 is 0 Å². The molecular formula is C26H43NO8S. The highest BCUT2D eigenvalue weighted by molar-refractivity contribution is 7.80. The van der Waals surface area contributed by atoms with Crippen LogP contribution in [0.4, 0.5) is 0 Å². The predicted molar refractivity (Wildman–Crippen MR) is 132 cm³/mol.